The average molecular weight is 347 g/mol. The molecule has 2 fully saturated rings. The first-order valence-electron chi connectivity index (χ1n) is 8.71. The Labute approximate surface area is 147 Å². The number of aliphatic carboxylic acids is 1. The molecule has 0 aromatic carbocycles. The standard InChI is InChI=1S/C17H25N5O3/c23-16(22-11-7-20(8-12-22)14-17(24)25)13-19-5-9-21(10-6-19)15-1-3-18-4-2-15/h1-4H,5-14H2,(H,24,25). The molecule has 0 radical (unpaired) electrons. The third kappa shape index (κ3) is 4.90. The fourth-order valence-electron chi connectivity index (χ4n) is 3.36. The smallest absolute Gasteiger partial charge is 0.317 e. The number of anilines is 1. The van der Waals surface area contributed by atoms with E-state index >= 15 is 0 Å². The number of piperazine rings is 2. The molecule has 1 aromatic heterocycles. The van der Waals surface area contributed by atoms with E-state index in [1.807, 2.05) is 21.9 Å². The maximum absolute atomic E-state index is 12.5. The quantitative estimate of drug-likeness (QED) is 0.764. The molecule has 2 aliphatic heterocycles. The normalized spacial score (nSPS) is 19.8. The Bertz CT molecular complexity index is 581. The van der Waals surface area contributed by atoms with Gasteiger partial charge in [-0.25, -0.2) is 0 Å². The minimum Gasteiger partial charge on any atom is -0.480 e. The molecule has 25 heavy (non-hydrogen) atoms. The van der Waals surface area contributed by atoms with Crippen molar-refractivity contribution in [2.75, 3.05) is 70.3 Å². The first-order valence-corrected chi connectivity index (χ1v) is 8.71. The van der Waals surface area contributed by atoms with Crippen LogP contribution < -0.4 is 4.90 Å². The average Bonchev–Trinajstić information content (AvgIpc) is 2.63. The predicted molar refractivity (Wildman–Crippen MR) is 93.5 cm³/mol. The van der Waals surface area contributed by atoms with E-state index in [2.05, 4.69) is 14.8 Å². The molecule has 3 rings (SSSR count). The lowest BCUT2D eigenvalue weighted by molar-refractivity contribution is -0.139. The van der Waals surface area contributed by atoms with Crippen LogP contribution in [0.3, 0.4) is 0 Å². The van der Waals surface area contributed by atoms with E-state index in [0.29, 0.717) is 32.7 Å². The lowest BCUT2D eigenvalue weighted by Crippen LogP contribution is -2.54. The third-order valence-corrected chi connectivity index (χ3v) is 4.84. The SMILES string of the molecule is O=C(O)CN1CCN(C(=O)CN2CCN(c3ccncc3)CC2)CC1. The molecule has 0 saturated carbocycles. The van der Waals surface area contributed by atoms with Crippen LogP contribution in [0.2, 0.25) is 0 Å². The van der Waals surface area contributed by atoms with E-state index in [4.69, 9.17) is 5.11 Å². The van der Waals surface area contributed by atoms with Crippen LogP contribution in [0.15, 0.2) is 24.5 Å². The van der Waals surface area contributed by atoms with E-state index in [-0.39, 0.29) is 12.5 Å². The summed E-state index contributed by atoms with van der Waals surface area (Å²) in [5.41, 5.74) is 1.18. The highest BCUT2D eigenvalue weighted by molar-refractivity contribution is 5.78. The minimum atomic E-state index is -0.813. The van der Waals surface area contributed by atoms with Gasteiger partial charge in [-0.2, -0.15) is 0 Å². The number of aromatic nitrogens is 1. The van der Waals surface area contributed by atoms with Gasteiger partial charge in [0.25, 0.3) is 0 Å². The molecule has 8 heteroatoms. The van der Waals surface area contributed by atoms with Gasteiger partial charge in [0.2, 0.25) is 5.91 Å². The van der Waals surface area contributed by atoms with Crippen LogP contribution in [0, 0.1) is 0 Å². The second-order valence-corrected chi connectivity index (χ2v) is 6.52. The molecular weight excluding hydrogens is 322 g/mol. The number of hydrogen-bond acceptors (Lipinski definition) is 6. The summed E-state index contributed by atoms with van der Waals surface area (Å²) < 4.78 is 0. The van der Waals surface area contributed by atoms with Crippen molar-refractivity contribution < 1.29 is 14.7 Å². The number of hydrogen-bond donors (Lipinski definition) is 1. The fourth-order valence-corrected chi connectivity index (χ4v) is 3.36. The highest BCUT2D eigenvalue weighted by atomic mass is 16.4. The zero-order valence-corrected chi connectivity index (χ0v) is 14.4. The van der Waals surface area contributed by atoms with Crippen LogP contribution in [0.5, 0.6) is 0 Å². The maximum Gasteiger partial charge on any atom is 0.317 e. The summed E-state index contributed by atoms with van der Waals surface area (Å²) in [6, 6.07) is 4.02. The topological polar surface area (TPSA) is 80.2 Å². The predicted octanol–water partition coefficient (Wildman–Crippen LogP) is -0.568. The molecule has 0 aliphatic carbocycles. The Morgan fingerprint density at radius 1 is 0.880 bits per heavy atom. The van der Waals surface area contributed by atoms with Crippen LogP contribution in [0.4, 0.5) is 5.69 Å². The number of nitrogens with zero attached hydrogens (tertiary/aromatic N) is 5. The van der Waals surface area contributed by atoms with Crippen molar-refractivity contribution in [2.45, 2.75) is 0 Å². The van der Waals surface area contributed by atoms with Crippen LogP contribution in [0.25, 0.3) is 0 Å². The second kappa shape index (κ2) is 8.26. The summed E-state index contributed by atoms with van der Waals surface area (Å²) in [5, 5.41) is 8.82. The molecule has 0 spiro atoms. The van der Waals surface area contributed by atoms with E-state index in [9.17, 15) is 9.59 Å². The summed E-state index contributed by atoms with van der Waals surface area (Å²) in [4.78, 5) is 35.5. The molecule has 3 heterocycles. The summed E-state index contributed by atoms with van der Waals surface area (Å²) in [5.74, 6) is -0.667. The molecule has 136 valence electrons. The van der Waals surface area contributed by atoms with Crippen molar-refractivity contribution in [2.24, 2.45) is 0 Å². The van der Waals surface area contributed by atoms with Crippen LogP contribution in [0.1, 0.15) is 0 Å². The van der Waals surface area contributed by atoms with Crippen LogP contribution in [-0.4, -0.2) is 102 Å². The molecule has 1 amide bonds. The summed E-state index contributed by atoms with van der Waals surface area (Å²) in [7, 11) is 0. The molecule has 0 bridgehead atoms. The molecule has 2 saturated heterocycles. The Balaban J connectivity index is 1.40. The molecule has 1 N–H and O–H groups in total. The van der Waals surface area contributed by atoms with E-state index < -0.39 is 5.97 Å². The number of carbonyl (C=O) groups excluding carboxylic acids is 1. The molecular formula is C17H25N5O3. The van der Waals surface area contributed by atoms with Gasteiger partial charge >= 0.3 is 5.97 Å². The van der Waals surface area contributed by atoms with Crippen molar-refractivity contribution in [3.05, 3.63) is 24.5 Å². The number of rotatable bonds is 5. The van der Waals surface area contributed by atoms with Gasteiger partial charge in [-0.1, -0.05) is 0 Å². The van der Waals surface area contributed by atoms with Gasteiger partial charge in [-0.3, -0.25) is 24.4 Å². The highest BCUT2D eigenvalue weighted by Crippen LogP contribution is 2.14. The van der Waals surface area contributed by atoms with Gasteiger partial charge in [-0.15, -0.1) is 0 Å². The molecule has 0 atom stereocenters. The van der Waals surface area contributed by atoms with Crippen LogP contribution >= 0.6 is 0 Å². The summed E-state index contributed by atoms with van der Waals surface area (Å²) in [6.07, 6.45) is 3.60. The molecule has 2 aliphatic rings. The molecule has 0 unspecified atom stereocenters. The van der Waals surface area contributed by atoms with Crippen LogP contribution in [-0.2, 0) is 9.59 Å². The van der Waals surface area contributed by atoms with E-state index in [1.54, 1.807) is 12.4 Å². The second-order valence-electron chi connectivity index (χ2n) is 6.52. The van der Waals surface area contributed by atoms with E-state index in [1.165, 1.54) is 5.69 Å². The lowest BCUT2D eigenvalue weighted by atomic mass is 10.2. The third-order valence-electron chi connectivity index (χ3n) is 4.84. The number of carboxylic acid groups (broad SMARTS) is 1. The fraction of sp³-hybridized carbons (Fsp3) is 0.588. The van der Waals surface area contributed by atoms with Gasteiger partial charge in [-0.05, 0) is 12.1 Å². The zero-order valence-electron chi connectivity index (χ0n) is 14.4. The van der Waals surface area contributed by atoms with Crippen molar-refractivity contribution in [3.63, 3.8) is 0 Å². The number of carboxylic acids is 1. The first kappa shape index (κ1) is 17.6. The van der Waals surface area contributed by atoms with Gasteiger partial charge in [0.05, 0.1) is 13.1 Å². The molecule has 1 aromatic rings. The summed E-state index contributed by atoms with van der Waals surface area (Å²) >= 11 is 0. The van der Waals surface area contributed by atoms with Gasteiger partial charge in [0.1, 0.15) is 0 Å². The number of pyridine rings is 1. The Morgan fingerprint density at radius 2 is 1.44 bits per heavy atom. The Kier molecular flexibility index (Phi) is 5.83. The van der Waals surface area contributed by atoms with Crippen molar-refractivity contribution in [1.29, 1.82) is 0 Å². The number of carbonyl (C=O) groups is 2. The molecule has 8 nitrogen and oxygen atoms in total. The van der Waals surface area contributed by atoms with Gasteiger partial charge in [0, 0.05) is 70.4 Å². The highest BCUT2D eigenvalue weighted by Gasteiger charge is 2.25. The first-order chi connectivity index (χ1) is 12.1. The van der Waals surface area contributed by atoms with E-state index in [0.717, 1.165) is 26.2 Å². The minimum absolute atomic E-state index is 0.0546. The van der Waals surface area contributed by atoms with Crippen molar-refractivity contribution in [1.82, 2.24) is 19.7 Å². The lowest BCUT2D eigenvalue weighted by Gasteiger charge is -2.38. The van der Waals surface area contributed by atoms with Crippen molar-refractivity contribution in [3.8, 4) is 0 Å². The van der Waals surface area contributed by atoms with Gasteiger partial charge < -0.3 is 14.9 Å². The monoisotopic (exact) mass is 347 g/mol. The Morgan fingerprint density at radius 3 is 2.04 bits per heavy atom. The largest absolute Gasteiger partial charge is 0.480 e. The van der Waals surface area contributed by atoms with Gasteiger partial charge in [0.15, 0.2) is 0 Å². The zero-order chi connectivity index (χ0) is 17.6. The maximum atomic E-state index is 12.5. The summed E-state index contributed by atoms with van der Waals surface area (Å²) in [6.45, 7) is 6.55. The number of amides is 1. The Hall–Kier alpha value is -2.19. The van der Waals surface area contributed by atoms with Crippen molar-refractivity contribution >= 4 is 17.6 Å².